The fourth-order valence-corrected chi connectivity index (χ4v) is 6.62. The van der Waals surface area contributed by atoms with Gasteiger partial charge in [-0.05, 0) is 55.6 Å². The molecule has 40 heavy (non-hydrogen) atoms. The van der Waals surface area contributed by atoms with E-state index < -0.39 is 35.3 Å². The predicted molar refractivity (Wildman–Crippen MR) is 154 cm³/mol. The topological polar surface area (TPSA) is 93.6 Å². The van der Waals surface area contributed by atoms with Crippen LogP contribution in [0.5, 0.6) is 0 Å². The quantitative estimate of drug-likeness (QED) is 0.197. The summed E-state index contributed by atoms with van der Waals surface area (Å²) in [5, 5.41) is 20.0. The molecule has 1 unspecified atom stereocenters. The summed E-state index contributed by atoms with van der Waals surface area (Å²) in [6, 6.07) is 23.1. The molecule has 2 aliphatic rings. The maximum Gasteiger partial charge on any atom is 0.330 e. The van der Waals surface area contributed by atoms with Gasteiger partial charge in [0.05, 0.1) is 6.61 Å². The minimum Gasteiger partial charge on any atom is -0.387 e. The van der Waals surface area contributed by atoms with Crippen LogP contribution in [0.4, 0.5) is 0 Å². The molecule has 6 aromatic rings. The number of aromatic amines is 1. The molecular formula is C33H24N2O5. The van der Waals surface area contributed by atoms with E-state index in [0.717, 1.165) is 27.1 Å². The number of hydrogen-bond acceptors (Lipinski definition) is 5. The lowest BCUT2D eigenvalue weighted by molar-refractivity contribution is -0.175. The first-order valence-corrected chi connectivity index (χ1v) is 13.4. The lowest BCUT2D eigenvalue weighted by Gasteiger charge is -2.30. The molecule has 7 nitrogen and oxygen atoms in total. The number of hydrogen-bond donors (Lipinski definition) is 2. The van der Waals surface area contributed by atoms with Crippen LogP contribution in [0.25, 0.3) is 43.1 Å². The van der Waals surface area contributed by atoms with Crippen LogP contribution >= 0.6 is 0 Å². The Morgan fingerprint density at radius 2 is 1.55 bits per heavy atom. The molecule has 2 saturated heterocycles. The van der Waals surface area contributed by atoms with Crippen molar-refractivity contribution in [2.45, 2.75) is 37.4 Å². The van der Waals surface area contributed by atoms with Gasteiger partial charge in [0.1, 0.15) is 23.4 Å². The van der Waals surface area contributed by atoms with E-state index in [4.69, 9.17) is 9.47 Å². The molecule has 3 heterocycles. The Morgan fingerprint density at radius 3 is 2.27 bits per heavy atom. The first-order chi connectivity index (χ1) is 19.5. The molecule has 0 amide bonds. The summed E-state index contributed by atoms with van der Waals surface area (Å²) in [4.78, 5) is 27.8. The number of nitrogens with one attached hydrogen (secondary N) is 1. The Kier molecular flexibility index (Phi) is 4.84. The van der Waals surface area contributed by atoms with Gasteiger partial charge >= 0.3 is 5.69 Å². The zero-order valence-electron chi connectivity index (χ0n) is 21.6. The van der Waals surface area contributed by atoms with E-state index >= 15 is 0 Å². The van der Waals surface area contributed by atoms with Crippen LogP contribution in [0, 0.1) is 11.8 Å². The van der Waals surface area contributed by atoms with E-state index in [-0.39, 0.29) is 12.2 Å². The lowest BCUT2D eigenvalue weighted by Crippen LogP contribution is -2.41. The normalized spacial score (nSPS) is 23.9. The molecule has 1 aromatic heterocycles. The third kappa shape index (κ3) is 3.07. The van der Waals surface area contributed by atoms with Crippen molar-refractivity contribution in [3.05, 3.63) is 105 Å². The van der Waals surface area contributed by atoms with Crippen LogP contribution < -0.4 is 11.2 Å². The minimum atomic E-state index is -0.858. The van der Waals surface area contributed by atoms with Gasteiger partial charge in [0.15, 0.2) is 6.23 Å². The van der Waals surface area contributed by atoms with E-state index in [1.165, 1.54) is 32.3 Å². The van der Waals surface area contributed by atoms with Crippen LogP contribution in [-0.2, 0) is 9.47 Å². The fraction of sp³-hybridized carbons (Fsp3) is 0.212. The second-order valence-corrected chi connectivity index (χ2v) is 10.7. The Hall–Kier alpha value is -4.48. The van der Waals surface area contributed by atoms with Crippen molar-refractivity contribution in [2.24, 2.45) is 0 Å². The monoisotopic (exact) mass is 528 g/mol. The Labute approximate surface area is 227 Å². The molecule has 0 radical (unpaired) electrons. The predicted octanol–water partition coefficient (Wildman–Crippen LogP) is 4.42. The molecule has 8 rings (SSSR count). The standard InChI is InChI=1S/C33H24N2O5/c1-2-33-17-39-28(29(33)36)31(40-33)35-16-20(30(37)34-32(35)38)13-12-18-14-15-25-23-10-4-7-19-6-3-9-22(26(19)23)24-11-5-8-21(18)27(24)25/h3-11,14-16,28-29,31,36H,2,17H2,1H3,(H,34,37,38)/t28?,29-,31-,33+/m1/s1. The van der Waals surface area contributed by atoms with Gasteiger partial charge in [0, 0.05) is 11.8 Å². The molecule has 2 N–H and O–H groups in total. The Balaban J connectivity index is 1.28. The van der Waals surface area contributed by atoms with Crippen molar-refractivity contribution in [1.29, 1.82) is 0 Å². The first kappa shape index (κ1) is 23.4. The molecule has 2 fully saturated rings. The summed E-state index contributed by atoms with van der Waals surface area (Å²) in [5.41, 5.74) is -1.16. The number of aromatic nitrogens is 2. The first-order valence-electron chi connectivity index (χ1n) is 13.4. The van der Waals surface area contributed by atoms with Gasteiger partial charge in [0.2, 0.25) is 0 Å². The van der Waals surface area contributed by atoms with Crippen molar-refractivity contribution in [3.8, 4) is 11.8 Å². The number of nitrogens with zero attached hydrogens (tertiary/aromatic N) is 1. The molecule has 0 saturated carbocycles. The number of H-pyrrole nitrogens is 1. The van der Waals surface area contributed by atoms with Crippen molar-refractivity contribution in [1.82, 2.24) is 9.55 Å². The molecule has 5 aromatic carbocycles. The van der Waals surface area contributed by atoms with Crippen molar-refractivity contribution < 1.29 is 14.6 Å². The molecule has 0 spiro atoms. The van der Waals surface area contributed by atoms with Gasteiger partial charge < -0.3 is 14.6 Å². The van der Waals surface area contributed by atoms with Gasteiger partial charge in [-0.15, -0.1) is 0 Å². The second kappa shape index (κ2) is 8.26. The highest BCUT2D eigenvalue weighted by Gasteiger charge is 2.60. The summed E-state index contributed by atoms with van der Waals surface area (Å²) < 4.78 is 13.1. The summed E-state index contributed by atoms with van der Waals surface area (Å²) in [7, 11) is 0. The lowest BCUT2D eigenvalue weighted by atomic mass is 9.88. The Morgan fingerprint density at radius 1 is 0.900 bits per heavy atom. The van der Waals surface area contributed by atoms with Crippen LogP contribution in [0.3, 0.4) is 0 Å². The number of ether oxygens (including phenoxy) is 2. The fourth-order valence-electron chi connectivity index (χ4n) is 6.62. The highest BCUT2D eigenvalue weighted by atomic mass is 16.6. The van der Waals surface area contributed by atoms with E-state index in [1.807, 2.05) is 19.1 Å². The van der Waals surface area contributed by atoms with E-state index in [9.17, 15) is 14.7 Å². The van der Waals surface area contributed by atoms with Crippen LogP contribution in [0.1, 0.15) is 30.7 Å². The molecule has 2 bridgehead atoms. The van der Waals surface area contributed by atoms with E-state index in [2.05, 4.69) is 71.4 Å². The zero-order chi connectivity index (χ0) is 27.2. The summed E-state index contributed by atoms with van der Waals surface area (Å²) in [5.74, 6) is 6.18. The summed E-state index contributed by atoms with van der Waals surface area (Å²) in [6.45, 7) is 2.17. The van der Waals surface area contributed by atoms with Gasteiger partial charge in [-0.3, -0.25) is 14.3 Å². The second-order valence-electron chi connectivity index (χ2n) is 10.7. The molecule has 7 heteroatoms. The van der Waals surface area contributed by atoms with E-state index in [1.54, 1.807) is 0 Å². The SMILES string of the molecule is CC[C@@]12COC([C@H](n3cc(C#Cc4ccc5c6cccc7cccc(c8cccc4c85)c76)c(=O)[nH]c3=O)O1)[C@H]2O. The number of aliphatic hydroxyl groups is 1. The van der Waals surface area contributed by atoms with Crippen LogP contribution in [0.15, 0.2) is 82.5 Å². The summed E-state index contributed by atoms with van der Waals surface area (Å²) in [6.07, 6.45) is -0.463. The number of aliphatic hydroxyl groups excluding tert-OH is 1. The smallest absolute Gasteiger partial charge is 0.330 e. The molecule has 2 aliphatic heterocycles. The highest BCUT2D eigenvalue weighted by molar-refractivity contribution is 6.33. The minimum absolute atomic E-state index is 0.126. The third-order valence-electron chi connectivity index (χ3n) is 8.70. The molecule has 0 aliphatic carbocycles. The number of benzene rings is 5. The van der Waals surface area contributed by atoms with Gasteiger partial charge in [-0.25, -0.2) is 4.79 Å². The number of fused-ring (bicyclic) bond motifs is 4. The van der Waals surface area contributed by atoms with Crippen LogP contribution in [-0.4, -0.2) is 39.1 Å². The Bertz CT molecular complexity index is 2140. The van der Waals surface area contributed by atoms with Crippen LogP contribution in [0.2, 0.25) is 0 Å². The van der Waals surface area contributed by atoms with Gasteiger partial charge in [-0.2, -0.15) is 0 Å². The average molecular weight is 529 g/mol. The molecule has 4 atom stereocenters. The van der Waals surface area contributed by atoms with Crippen molar-refractivity contribution in [2.75, 3.05) is 6.61 Å². The van der Waals surface area contributed by atoms with Crippen molar-refractivity contribution >= 4 is 43.1 Å². The maximum absolute atomic E-state index is 12.7. The van der Waals surface area contributed by atoms with Gasteiger partial charge in [0.25, 0.3) is 5.56 Å². The third-order valence-corrected chi connectivity index (χ3v) is 8.70. The molecule has 196 valence electrons. The number of rotatable bonds is 2. The van der Waals surface area contributed by atoms with E-state index in [0.29, 0.717) is 6.42 Å². The summed E-state index contributed by atoms with van der Waals surface area (Å²) >= 11 is 0. The zero-order valence-corrected chi connectivity index (χ0v) is 21.6. The largest absolute Gasteiger partial charge is 0.387 e. The highest BCUT2D eigenvalue weighted by Crippen LogP contribution is 2.46. The molecular weight excluding hydrogens is 504 g/mol. The van der Waals surface area contributed by atoms with Gasteiger partial charge in [-0.1, -0.05) is 79.4 Å². The maximum atomic E-state index is 12.7. The van der Waals surface area contributed by atoms with Crippen molar-refractivity contribution in [3.63, 3.8) is 0 Å². The average Bonchev–Trinajstić information content (AvgIpc) is 3.45.